The number of aryl methyl sites for hydroxylation is 2. The molecule has 1 aliphatic carbocycles. The highest BCUT2D eigenvalue weighted by Gasteiger charge is 2.29. The van der Waals surface area contributed by atoms with Crippen molar-refractivity contribution >= 4 is 31.9 Å². The number of hydrogen-bond donors (Lipinski definition) is 1. The van der Waals surface area contributed by atoms with Crippen molar-refractivity contribution in [1.29, 1.82) is 0 Å². The van der Waals surface area contributed by atoms with Crippen LogP contribution < -0.4 is 5.69 Å². The molecule has 0 radical (unpaired) electrons. The van der Waals surface area contributed by atoms with E-state index in [-0.39, 0.29) is 10.9 Å². The van der Waals surface area contributed by atoms with Crippen LogP contribution in [0.3, 0.4) is 0 Å². The SMILES string of the molecule is Cn1c(=O)n(C)c2c3c(C4CCCC4)c(-c4ccc(CN5CCC(S(C)(=O)=O)CC5)cc4)[nH]c3ncc21. The number of H-pyrrole nitrogens is 1. The lowest BCUT2D eigenvalue weighted by Gasteiger charge is -2.31. The standard InChI is InChI=1S/C28H35N5O3S/c1-31-22-16-29-27-24(26(22)32(2)28(31)34)23(19-6-4-5-7-19)25(30-27)20-10-8-18(9-11-20)17-33-14-12-21(13-15-33)37(3,35)36/h8-11,16,19,21H,4-7,12-15,17H2,1-3H3,(H,29,30). The number of hydrogen-bond acceptors (Lipinski definition) is 5. The molecule has 0 bridgehead atoms. The van der Waals surface area contributed by atoms with E-state index in [9.17, 15) is 13.2 Å². The van der Waals surface area contributed by atoms with Crippen molar-refractivity contribution < 1.29 is 8.42 Å². The maximum absolute atomic E-state index is 12.8. The molecule has 4 heterocycles. The molecule has 0 spiro atoms. The third-order valence-corrected chi connectivity index (χ3v) is 10.3. The fraction of sp³-hybridized carbons (Fsp3) is 0.500. The van der Waals surface area contributed by atoms with Crippen molar-refractivity contribution in [3.05, 3.63) is 52.1 Å². The van der Waals surface area contributed by atoms with E-state index in [1.165, 1.54) is 30.2 Å². The maximum atomic E-state index is 12.8. The summed E-state index contributed by atoms with van der Waals surface area (Å²) in [6.45, 7) is 2.45. The fourth-order valence-corrected chi connectivity index (χ4v) is 7.61. The second kappa shape index (κ2) is 9.13. The van der Waals surface area contributed by atoms with Gasteiger partial charge in [-0.1, -0.05) is 37.1 Å². The Kier molecular flexibility index (Phi) is 6.03. The Morgan fingerprint density at radius 2 is 1.68 bits per heavy atom. The summed E-state index contributed by atoms with van der Waals surface area (Å²) in [7, 11) is 0.705. The number of aromatic nitrogens is 4. The number of sulfone groups is 1. The van der Waals surface area contributed by atoms with Gasteiger partial charge in [0.2, 0.25) is 0 Å². The van der Waals surface area contributed by atoms with E-state index in [2.05, 4.69) is 34.1 Å². The second-order valence-corrected chi connectivity index (χ2v) is 13.3. The summed E-state index contributed by atoms with van der Waals surface area (Å²) in [5.41, 5.74) is 7.38. The number of aromatic amines is 1. The minimum atomic E-state index is -2.95. The van der Waals surface area contributed by atoms with Crippen LogP contribution in [0.2, 0.25) is 0 Å². The van der Waals surface area contributed by atoms with Gasteiger partial charge in [-0.15, -0.1) is 0 Å². The number of nitrogens with zero attached hydrogens (tertiary/aromatic N) is 4. The molecular weight excluding hydrogens is 486 g/mol. The molecule has 1 aliphatic heterocycles. The van der Waals surface area contributed by atoms with Crippen molar-refractivity contribution in [2.45, 2.75) is 56.2 Å². The predicted molar refractivity (Wildman–Crippen MR) is 148 cm³/mol. The summed E-state index contributed by atoms with van der Waals surface area (Å²) in [4.78, 5) is 23.5. The molecule has 6 rings (SSSR count). The molecule has 3 aromatic heterocycles. The first kappa shape index (κ1) is 24.4. The number of piperidine rings is 1. The van der Waals surface area contributed by atoms with E-state index in [1.54, 1.807) is 15.3 Å². The van der Waals surface area contributed by atoms with Crippen molar-refractivity contribution in [1.82, 2.24) is 24.0 Å². The van der Waals surface area contributed by atoms with Crippen LogP contribution >= 0.6 is 0 Å². The van der Waals surface area contributed by atoms with Crippen LogP contribution in [-0.2, 0) is 30.5 Å². The largest absolute Gasteiger partial charge is 0.339 e. The number of rotatable bonds is 5. The van der Waals surface area contributed by atoms with E-state index in [0.717, 1.165) is 65.8 Å². The highest BCUT2D eigenvalue weighted by Crippen LogP contribution is 2.44. The Morgan fingerprint density at radius 3 is 2.32 bits per heavy atom. The number of nitrogens with one attached hydrogen (secondary N) is 1. The van der Waals surface area contributed by atoms with Crippen molar-refractivity contribution in [2.75, 3.05) is 19.3 Å². The van der Waals surface area contributed by atoms with Gasteiger partial charge in [-0.2, -0.15) is 0 Å². The summed E-state index contributed by atoms with van der Waals surface area (Å²) in [6.07, 6.45) is 9.32. The molecular formula is C28H35N5O3S. The van der Waals surface area contributed by atoms with Crippen LogP contribution in [-0.4, -0.2) is 57.0 Å². The van der Waals surface area contributed by atoms with Crippen LogP contribution in [0.1, 0.15) is 55.6 Å². The number of fused-ring (bicyclic) bond motifs is 3. The molecule has 2 aliphatic rings. The topological polar surface area (TPSA) is 93.0 Å². The van der Waals surface area contributed by atoms with E-state index in [1.807, 2.05) is 14.1 Å². The summed E-state index contributed by atoms with van der Waals surface area (Å²) in [5, 5.41) is 0.878. The average Bonchev–Trinajstić information content (AvgIpc) is 3.59. The fourth-order valence-electron chi connectivity index (χ4n) is 6.54. The number of pyridine rings is 1. The molecule has 1 saturated heterocycles. The van der Waals surface area contributed by atoms with Gasteiger partial charge in [0.05, 0.1) is 28.2 Å². The third kappa shape index (κ3) is 4.22. The van der Waals surface area contributed by atoms with Crippen molar-refractivity contribution in [3.8, 4) is 11.3 Å². The molecule has 0 amide bonds. The van der Waals surface area contributed by atoms with E-state index < -0.39 is 9.84 Å². The molecule has 0 unspecified atom stereocenters. The van der Waals surface area contributed by atoms with Gasteiger partial charge in [0.25, 0.3) is 0 Å². The molecule has 2 fully saturated rings. The molecule has 8 nitrogen and oxygen atoms in total. The number of benzene rings is 1. The lowest BCUT2D eigenvalue weighted by molar-refractivity contribution is 0.222. The van der Waals surface area contributed by atoms with Gasteiger partial charge in [0, 0.05) is 32.3 Å². The summed E-state index contributed by atoms with van der Waals surface area (Å²) >= 11 is 0. The van der Waals surface area contributed by atoms with Gasteiger partial charge >= 0.3 is 5.69 Å². The van der Waals surface area contributed by atoms with Crippen LogP contribution in [0.4, 0.5) is 0 Å². The highest BCUT2D eigenvalue weighted by atomic mass is 32.2. The van der Waals surface area contributed by atoms with E-state index >= 15 is 0 Å². The Balaban J connectivity index is 1.35. The second-order valence-electron chi connectivity index (χ2n) is 11.0. The lowest BCUT2D eigenvalue weighted by Crippen LogP contribution is -2.38. The molecule has 1 saturated carbocycles. The van der Waals surface area contributed by atoms with Crippen LogP contribution in [0.15, 0.2) is 35.3 Å². The smallest absolute Gasteiger partial charge is 0.328 e. The zero-order chi connectivity index (χ0) is 25.9. The molecule has 1 aromatic carbocycles. The molecule has 9 heteroatoms. The summed E-state index contributed by atoms with van der Waals surface area (Å²) in [5.74, 6) is 0.447. The van der Waals surface area contributed by atoms with Crippen molar-refractivity contribution in [2.24, 2.45) is 14.1 Å². The number of likely N-dealkylation sites (tertiary alicyclic amines) is 1. The molecule has 4 aromatic rings. The third-order valence-electron chi connectivity index (χ3n) is 8.64. The zero-order valence-corrected chi connectivity index (χ0v) is 22.6. The average molecular weight is 522 g/mol. The first-order valence-electron chi connectivity index (χ1n) is 13.3. The molecule has 1 N–H and O–H groups in total. The quantitative estimate of drug-likeness (QED) is 0.427. The first-order chi connectivity index (χ1) is 17.7. The van der Waals surface area contributed by atoms with Gasteiger partial charge in [0.15, 0.2) is 0 Å². The Hall–Kier alpha value is -2.91. The maximum Gasteiger partial charge on any atom is 0.328 e. The monoisotopic (exact) mass is 521 g/mol. The van der Waals surface area contributed by atoms with Gasteiger partial charge in [0.1, 0.15) is 15.5 Å². The zero-order valence-electron chi connectivity index (χ0n) is 21.8. The minimum absolute atomic E-state index is 0.0330. The summed E-state index contributed by atoms with van der Waals surface area (Å²) in [6, 6.07) is 8.73. The van der Waals surface area contributed by atoms with Gasteiger partial charge in [-0.25, -0.2) is 18.2 Å². The molecule has 37 heavy (non-hydrogen) atoms. The Morgan fingerprint density at radius 1 is 1.00 bits per heavy atom. The van der Waals surface area contributed by atoms with Crippen LogP contribution in [0.5, 0.6) is 0 Å². The lowest BCUT2D eigenvalue weighted by atomic mass is 9.92. The Labute approximate surface area is 217 Å². The predicted octanol–water partition coefficient (Wildman–Crippen LogP) is 4.09. The Bertz CT molecular complexity index is 1630. The van der Waals surface area contributed by atoms with Gasteiger partial charge in [-0.05, 0) is 61.4 Å². The van der Waals surface area contributed by atoms with Gasteiger partial charge < -0.3 is 4.98 Å². The molecule has 0 atom stereocenters. The van der Waals surface area contributed by atoms with Crippen molar-refractivity contribution in [3.63, 3.8) is 0 Å². The van der Waals surface area contributed by atoms with Crippen LogP contribution in [0, 0.1) is 0 Å². The first-order valence-corrected chi connectivity index (χ1v) is 15.2. The van der Waals surface area contributed by atoms with Gasteiger partial charge in [-0.3, -0.25) is 14.0 Å². The van der Waals surface area contributed by atoms with Crippen LogP contribution in [0.25, 0.3) is 33.3 Å². The summed E-state index contributed by atoms with van der Waals surface area (Å²) < 4.78 is 27.2. The van der Waals surface area contributed by atoms with E-state index in [4.69, 9.17) is 4.98 Å². The highest BCUT2D eigenvalue weighted by molar-refractivity contribution is 7.91. The van der Waals surface area contributed by atoms with E-state index in [0.29, 0.717) is 18.8 Å². The normalized spacial score (nSPS) is 18.5. The number of imidazole rings is 1. The minimum Gasteiger partial charge on any atom is -0.339 e. The molecule has 196 valence electrons.